The fourth-order valence-corrected chi connectivity index (χ4v) is 2.72. The van der Waals surface area contributed by atoms with Crippen LogP contribution in [0.5, 0.6) is 0 Å². The van der Waals surface area contributed by atoms with Crippen LogP contribution in [0, 0.1) is 5.82 Å². The monoisotopic (exact) mass is 410 g/mol. The van der Waals surface area contributed by atoms with E-state index in [4.69, 9.17) is 4.52 Å². The lowest BCUT2D eigenvalue weighted by Gasteiger charge is -2.18. The number of hydrogen-bond acceptors (Lipinski definition) is 5. The molecule has 0 unspecified atom stereocenters. The van der Waals surface area contributed by atoms with E-state index in [1.165, 1.54) is 23.8 Å². The van der Waals surface area contributed by atoms with Crippen molar-refractivity contribution in [2.24, 2.45) is 0 Å². The van der Waals surface area contributed by atoms with Crippen LogP contribution in [0.15, 0.2) is 53.1 Å². The van der Waals surface area contributed by atoms with E-state index >= 15 is 0 Å². The van der Waals surface area contributed by atoms with E-state index in [1.54, 1.807) is 6.07 Å². The molecule has 8 heteroatoms. The fourth-order valence-electron chi connectivity index (χ4n) is 2.72. The van der Waals surface area contributed by atoms with Crippen LogP contribution in [0.25, 0.3) is 11.4 Å². The summed E-state index contributed by atoms with van der Waals surface area (Å²) in [6, 6.07) is 13.4. The zero-order valence-corrected chi connectivity index (χ0v) is 17.0. The summed E-state index contributed by atoms with van der Waals surface area (Å²) in [5, 5.41) is 8.95. The summed E-state index contributed by atoms with van der Waals surface area (Å²) >= 11 is 0. The van der Waals surface area contributed by atoms with E-state index in [-0.39, 0.29) is 30.0 Å². The van der Waals surface area contributed by atoms with E-state index in [1.807, 2.05) is 24.3 Å². The normalized spacial score (nSPS) is 11.2. The Morgan fingerprint density at radius 3 is 2.23 bits per heavy atom. The Labute approximate surface area is 173 Å². The van der Waals surface area contributed by atoms with Crippen LogP contribution in [0.4, 0.5) is 4.39 Å². The number of aromatic nitrogens is 2. The predicted molar refractivity (Wildman–Crippen MR) is 110 cm³/mol. The Morgan fingerprint density at radius 1 is 0.967 bits per heavy atom. The van der Waals surface area contributed by atoms with E-state index in [0.717, 1.165) is 5.56 Å². The first-order chi connectivity index (χ1) is 14.3. The van der Waals surface area contributed by atoms with Gasteiger partial charge in [0, 0.05) is 18.7 Å². The summed E-state index contributed by atoms with van der Waals surface area (Å²) in [6.07, 6.45) is 0. The van der Waals surface area contributed by atoms with E-state index in [0.29, 0.717) is 5.82 Å². The van der Waals surface area contributed by atoms with Gasteiger partial charge in [-0.3, -0.25) is 9.59 Å². The van der Waals surface area contributed by atoms with Crippen molar-refractivity contribution in [3.63, 3.8) is 0 Å². The first-order valence-electron chi connectivity index (χ1n) is 9.51. The summed E-state index contributed by atoms with van der Waals surface area (Å²) in [5.41, 5.74) is 1.89. The molecule has 156 valence electrons. The molecule has 0 saturated carbocycles. The smallest absolute Gasteiger partial charge is 0.316 e. The van der Waals surface area contributed by atoms with Crippen LogP contribution in [0.2, 0.25) is 0 Å². The molecule has 3 rings (SSSR count). The molecule has 0 fully saturated rings. The van der Waals surface area contributed by atoms with Crippen LogP contribution in [0.1, 0.15) is 47.4 Å². The Balaban J connectivity index is 1.52. The number of rotatable bonds is 6. The van der Waals surface area contributed by atoms with Gasteiger partial charge in [-0.25, -0.2) is 4.39 Å². The Morgan fingerprint density at radius 2 is 1.60 bits per heavy atom. The van der Waals surface area contributed by atoms with Crippen LogP contribution >= 0.6 is 0 Å². The van der Waals surface area contributed by atoms with Gasteiger partial charge in [-0.15, -0.1) is 0 Å². The molecule has 0 aliphatic rings. The van der Waals surface area contributed by atoms with Crippen molar-refractivity contribution < 1.29 is 18.5 Å². The minimum absolute atomic E-state index is 0.0303. The lowest BCUT2D eigenvalue weighted by atomic mass is 9.87. The molecule has 0 saturated heterocycles. The third kappa shape index (κ3) is 5.08. The summed E-state index contributed by atoms with van der Waals surface area (Å²) in [5.74, 6) is -1.58. The zero-order valence-electron chi connectivity index (χ0n) is 17.0. The number of benzene rings is 2. The molecule has 30 heavy (non-hydrogen) atoms. The molecule has 0 spiro atoms. The number of nitrogens with one attached hydrogen (secondary N) is 2. The van der Waals surface area contributed by atoms with E-state index in [9.17, 15) is 14.0 Å². The van der Waals surface area contributed by atoms with Crippen molar-refractivity contribution in [3.05, 3.63) is 71.4 Å². The first-order valence-corrected chi connectivity index (χ1v) is 9.51. The third-order valence-corrected chi connectivity index (χ3v) is 4.44. The highest BCUT2D eigenvalue weighted by Crippen LogP contribution is 2.24. The summed E-state index contributed by atoms with van der Waals surface area (Å²) in [6.45, 7) is 6.61. The molecule has 0 atom stereocenters. The zero-order chi connectivity index (χ0) is 21.7. The van der Waals surface area contributed by atoms with Crippen molar-refractivity contribution >= 4 is 11.8 Å². The molecule has 7 nitrogen and oxygen atoms in total. The minimum atomic E-state index is -0.604. The molecule has 0 aliphatic heterocycles. The quantitative estimate of drug-likeness (QED) is 0.608. The Hall–Kier alpha value is -3.55. The molecule has 1 aromatic heterocycles. The highest BCUT2D eigenvalue weighted by Gasteiger charge is 2.18. The second kappa shape index (κ2) is 8.86. The molecular formula is C22H23FN4O3. The van der Waals surface area contributed by atoms with Crippen molar-refractivity contribution in [2.75, 3.05) is 13.1 Å². The summed E-state index contributed by atoms with van der Waals surface area (Å²) in [4.78, 5) is 28.2. The van der Waals surface area contributed by atoms with Crippen molar-refractivity contribution in [3.8, 4) is 11.4 Å². The molecule has 0 radical (unpaired) electrons. The number of carbonyl (C=O) groups excluding carboxylic acids is 2. The molecule has 1 heterocycles. The van der Waals surface area contributed by atoms with Crippen LogP contribution in [-0.2, 0) is 5.41 Å². The van der Waals surface area contributed by atoms with E-state index in [2.05, 4.69) is 41.5 Å². The highest BCUT2D eigenvalue weighted by atomic mass is 19.1. The minimum Gasteiger partial charge on any atom is -0.350 e. The first kappa shape index (κ1) is 21.2. The predicted octanol–water partition coefficient (Wildman–Crippen LogP) is 3.33. The van der Waals surface area contributed by atoms with Gasteiger partial charge in [0.15, 0.2) is 0 Å². The van der Waals surface area contributed by atoms with Crippen LogP contribution < -0.4 is 10.6 Å². The number of nitrogens with zero attached hydrogens (tertiary/aromatic N) is 2. The number of hydrogen-bond donors (Lipinski definition) is 2. The third-order valence-electron chi connectivity index (χ3n) is 4.44. The lowest BCUT2D eigenvalue weighted by molar-refractivity contribution is 0.0897. The van der Waals surface area contributed by atoms with Gasteiger partial charge < -0.3 is 15.2 Å². The topological polar surface area (TPSA) is 97.1 Å². The molecule has 0 aliphatic carbocycles. The van der Waals surface area contributed by atoms with Gasteiger partial charge in [0.25, 0.3) is 5.91 Å². The van der Waals surface area contributed by atoms with Gasteiger partial charge in [-0.2, -0.15) is 4.98 Å². The number of carbonyl (C=O) groups is 2. The largest absolute Gasteiger partial charge is 0.350 e. The molecule has 2 aromatic carbocycles. The second-order valence-corrected chi connectivity index (χ2v) is 7.74. The molecule has 2 amide bonds. The SMILES string of the molecule is CC(C)(C)c1ccc(-c2noc(C(=O)NCCNC(=O)c3ccccc3F)n2)cc1. The maximum atomic E-state index is 13.6. The Bertz CT molecular complexity index is 1040. The van der Waals surface area contributed by atoms with Gasteiger partial charge in [0.1, 0.15) is 5.82 Å². The van der Waals surface area contributed by atoms with Crippen molar-refractivity contribution in [1.82, 2.24) is 20.8 Å². The molecule has 3 aromatic rings. The van der Waals surface area contributed by atoms with Crippen molar-refractivity contribution in [1.29, 1.82) is 0 Å². The molecular weight excluding hydrogens is 387 g/mol. The highest BCUT2D eigenvalue weighted by molar-refractivity contribution is 5.94. The number of amides is 2. The maximum Gasteiger partial charge on any atom is 0.316 e. The van der Waals surface area contributed by atoms with Gasteiger partial charge in [-0.05, 0) is 23.1 Å². The van der Waals surface area contributed by atoms with Crippen LogP contribution in [-0.4, -0.2) is 35.0 Å². The maximum absolute atomic E-state index is 13.6. The summed E-state index contributed by atoms with van der Waals surface area (Å²) < 4.78 is 18.6. The molecule has 2 N–H and O–H groups in total. The standard InChI is InChI=1S/C22H23FN4O3/c1-22(2,3)15-10-8-14(9-11-15)18-26-21(30-27-18)20(29)25-13-12-24-19(28)16-6-4-5-7-17(16)23/h4-11H,12-13H2,1-3H3,(H,24,28)(H,25,29). The van der Waals surface area contributed by atoms with Gasteiger partial charge in [0.05, 0.1) is 5.56 Å². The lowest BCUT2D eigenvalue weighted by Crippen LogP contribution is -2.35. The molecule has 0 bridgehead atoms. The fraction of sp³-hybridized carbons (Fsp3) is 0.273. The van der Waals surface area contributed by atoms with Crippen LogP contribution in [0.3, 0.4) is 0 Å². The van der Waals surface area contributed by atoms with E-state index < -0.39 is 17.6 Å². The summed E-state index contributed by atoms with van der Waals surface area (Å²) in [7, 11) is 0. The van der Waals surface area contributed by atoms with Gasteiger partial charge >= 0.3 is 11.8 Å². The number of halogens is 1. The average Bonchev–Trinajstić information content (AvgIpc) is 3.21. The Kier molecular flexibility index (Phi) is 6.25. The van der Waals surface area contributed by atoms with Gasteiger partial charge in [0.2, 0.25) is 5.82 Å². The van der Waals surface area contributed by atoms with Gasteiger partial charge in [-0.1, -0.05) is 62.3 Å². The average molecular weight is 410 g/mol. The second-order valence-electron chi connectivity index (χ2n) is 7.74. The van der Waals surface area contributed by atoms with Crippen molar-refractivity contribution in [2.45, 2.75) is 26.2 Å².